The number of nitrogens with one attached hydrogen (secondary N) is 1. The summed E-state index contributed by atoms with van der Waals surface area (Å²) in [5.41, 5.74) is 1.12. The summed E-state index contributed by atoms with van der Waals surface area (Å²) in [6, 6.07) is 11.6. The molecule has 35 heavy (non-hydrogen) atoms. The molecule has 1 saturated heterocycles. The summed E-state index contributed by atoms with van der Waals surface area (Å²) in [6.07, 6.45) is 1.52. The molecule has 0 unspecified atom stereocenters. The summed E-state index contributed by atoms with van der Waals surface area (Å²) < 4.78 is 16.1. The number of rotatable bonds is 10. The molecule has 184 valence electrons. The van der Waals surface area contributed by atoms with Gasteiger partial charge >= 0.3 is 5.97 Å². The fourth-order valence-corrected chi connectivity index (χ4v) is 4.06. The Hall–Kier alpha value is -3.50. The van der Waals surface area contributed by atoms with Crippen LogP contribution in [0.25, 0.3) is 6.08 Å². The highest BCUT2D eigenvalue weighted by Gasteiger charge is 2.36. The molecule has 0 bridgehead atoms. The van der Waals surface area contributed by atoms with Crippen molar-refractivity contribution in [2.24, 2.45) is 0 Å². The average Bonchev–Trinajstić information content (AvgIpc) is 3.06. The molecule has 0 saturated carbocycles. The lowest BCUT2D eigenvalue weighted by molar-refractivity contribution is -0.146. The summed E-state index contributed by atoms with van der Waals surface area (Å²) in [6.45, 7) is 3.22. The maximum absolute atomic E-state index is 12.6. The highest BCUT2D eigenvalue weighted by atomic mass is 35.5. The number of amides is 3. The number of thioether (sulfide) groups is 1. The molecule has 11 heteroatoms. The van der Waals surface area contributed by atoms with Crippen molar-refractivity contribution < 1.29 is 33.4 Å². The maximum Gasteiger partial charge on any atom is 0.326 e. The van der Waals surface area contributed by atoms with E-state index in [4.69, 9.17) is 25.8 Å². The van der Waals surface area contributed by atoms with Crippen molar-refractivity contribution in [3.8, 4) is 11.5 Å². The number of imide groups is 1. The Bertz CT molecular complexity index is 1170. The summed E-state index contributed by atoms with van der Waals surface area (Å²) in [5.74, 6) is -0.920. The quantitative estimate of drug-likeness (QED) is 0.365. The van der Waals surface area contributed by atoms with E-state index in [-0.39, 0.29) is 24.0 Å². The van der Waals surface area contributed by atoms with Crippen molar-refractivity contribution in [2.75, 3.05) is 31.7 Å². The lowest BCUT2D eigenvalue weighted by atomic mass is 10.2. The second-order valence-electron chi connectivity index (χ2n) is 7.06. The summed E-state index contributed by atoms with van der Waals surface area (Å²) >= 11 is 6.66. The largest absolute Gasteiger partial charge is 0.490 e. The predicted molar refractivity (Wildman–Crippen MR) is 132 cm³/mol. The smallest absolute Gasteiger partial charge is 0.326 e. The number of hydrogen-bond donors (Lipinski definition) is 1. The Morgan fingerprint density at radius 3 is 2.57 bits per heavy atom. The number of benzene rings is 2. The van der Waals surface area contributed by atoms with Crippen LogP contribution in [-0.2, 0) is 19.1 Å². The van der Waals surface area contributed by atoms with Gasteiger partial charge in [0.05, 0.1) is 18.1 Å². The van der Waals surface area contributed by atoms with Gasteiger partial charge < -0.3 is 19.5 Å². The van der Waals surface area contributed by atoms with Crippen LogP contribution in [0.2, 0.25) is 5.02 Å². The normalized spacial score (nSPS) is 14.3. The minimum atomic E-state index is -0.657. The minimum absolute atomic E-state index is 0.155. The number of carbonyl (C=O) groups excluding carboxylic acids is 4. The minimum Gasteiger partial charge on any atom is -0.490 e. The maximum atomic E-state index is 12.6. The molecule has 1 fully saturated rings. The van der Waals surface area contributed by atoms with E-state index in [9.17, 15) is 19.2 Å². The molecule has 0 aliphatic carbocycles. The van der Waals surface area contributed by atoms with E-state index in [0.29, 0.717) is 34.4 Å². The number of anilines is 1. The van der Waals surface area contributed by atoms with Gasteiger partial charge in [0.25, 0.3) is 17.1 Å². The number of carbonyl (C=O) groups is 4. The fourth-order valence-electron chi connectivity index (χ4n) is 3.03. The van der Waals surface area contributed by atoms with Crippen LogP contribution >= 0.6 is 23.4 Å². The Balaban J connectivity index is 1.69. The number of hydrogen-bond acceptors (Lipinski definition) is 8. The van der Waals surface area contributed by atoms with E-state index in [1.54, 1.807) is 56.3 Å². The van der Waals surface area contributed by atoms with Crippen LogP contribution in [0.15, 0.2) is 47.4 Å². The second-order valence-corrected chi connectivity index (χ2v) is 8.49. The molecule has 1 aliphatic heterocycles. The van der Waals surface area contributed by atoms with Gasteiger partial charge in [-0.2, -0.15) is 0 Å². The molecule has 0 atom stereocenters. The molecule has 3 rings (SSSR count). The van der Waals surface area contributed by atoms with Gasteiger partial charge in [-0.15, -0.1) is 0 Å². The van der Waals surface area contributed by atoms with Crippen molar-refractivity contribution in [1.29, 1.82) is 0 Å². The number of halogens is 1. The Morgan fingerprint density at radius 1 is 1.06 bits per heavy atom. The molecule has 0 spiro atoms. The van der Waals surface area contributed by atoms with Crippen LogP contribution in [0.3, 0.4) is 0 Å². The Kier molecular flexibility index (Phi) is 9.16. The van der Waals surface area contributed by atoms with Gasteiger partial charge in [-0.25, -0.2) is 0 Å². The van der Waals surface area contributed by atoms with Crippen LogP contribution in [0, 0.1) is 0 Å². The van der Waals surface area contributed by atoms with Gasteiger partial charge in [-0.05, 0) is 67.6 Å². The van der Waals surface area contributed by atoms with Gasteiger partial charge in [0.1, 0.15) is 6.54 Å². The predicted octanol–water partition coefficient (Wildman–Crippen LogP) is 4.36. The summed E-state index contributed by atoms with van der Waals surface area (Å²) in [5, 5.41) is 2.64. The van der Waals surface area contributed by atoms with E-state index in [2.05, 4.69) is 5.32 Å². The number of nitrogens with zero attached hydrogens (tertiary/aromatic N) is 1. The molecule has 3 amide bonds. The second kappa shape index (κ2) is 12.3. The van der Waals surface area contributed by atoms with Crippen LogP contribution in [0.1, 0.15) is 19.4 Å². The zero-order valence-corrected chi connectivity index (χ0v) is 20.6. The first kappa shape index (κ1) is 26.1. The molecule has 1 N–H and O–H groups in total. The number of esters is 1. The molecular formula is C24H23ClN2O7S. The Labute approximate surface area is 211 Å². The van der Waals surface area contributed by atoms with Crippen molar-refractivity contribution in [3.05, 3.63) is 58.0 Å². The average molecular weight is 519 g/mol. The van der Waals surface area contributed by atoms with E-state index >= 15 is 0 Å². The molecule has 0 radical (unpaired) electrons. The SMILES string of the molecule is CCOC(=O)CN1C(=O)S/C(=C/c2ccc(OCC(=O)Nc3cccc(Cl)c3)c(OCC)c2)C1=O. The molecule has 2 aromatic carbocycles. The molecule has 1 aliphatic rings. The monoisotopic (exact) mass is 518 g/mol. The topological polar surface area (TPSA) is 111 Å². The number of ether oxygens (including phenoxy) is 3. The van der Waals surface area contributed by atoms with Gasteiger partial charge in [-0.3, -0.25) is 24.1 Å². The van der Waals surface area contributed by atoms with E-state index in [1.165, 1.54) is 6.08 Å². The molecule has 0 aromatic heterocycles. The third-order valence-corrected chi connectivity index (χ3v) is 5.64. The highest BCUT2D eigenvalue weighted by Crippen LogP contribution is 2.34. The standard InChI is InChI=1S/C24H23ClN2O7S/c1-3-32-19-10-15(11-20-23(30)27(24(31)35-20)13-22(29)33-4-2)8-9-18(19)34-14-21(28)26-17-7-5-6-16(25)12-17/h5-12H,3-4,13-14H2,1-2H3,(H,26,28)/b20-11+. The van der Waals surface area contributed by atoms with Crippen LogP contribution in [0.5, 0.6) is 11.5 Å². The molecule has 1 heterocycles. The van der Waals surface area contributed by atoms with Gasteiger partial charge in [0, 0.05) is 10.7 Å². The van der Waals surface area contributed by atoms with E-state index in [0.717, 1.165) is 16.7 Å². The first-order valence-electron chi connectivity index (χ1n) is 10.7. The highest BCUT2D eigenvalue weighted by molar-refractivity contribution is 8.18. The van der Waals surface area contributed by atoms with Crippen molar-refractivity contribution in [3.63, 3.8) is 0 Å². The lowest BCUT2D eigenvalue weighted by Crippen LogP contribution is -2.34. The van der Waals surface area contributed by atoms with Crippen molar-refractivity contribution in [2.45, 2.75) is 13.8 Å². The zero-order chi connectivity index (χ0) is 25.4. The van der Waals surface area contributed by atoms with Crippen molar-refractivity contribution >= 4 is 58.1 Å². The van der Waals surface area contributed by atoms with Crippen molar-refractivity contribution in [1.82, 2.24) is 4.90 Å². The summed E-state index contributed by atoms with van der Waals surface area (Å²) in [4.78, 5) is 49.7. The molecular weight excluding hydrogens is 496 g/mol. The molecule has 9 nitrogen and oxygen atoms in total. The molecule has 2 aromatic rings. The van der Waals surface area contributed by atoms with E-state index in [1.807, 2.05) is 0 Å². The first-order chi connectivity index (χ1) is 16.8. The van der Waals surface area contributed by atoms with E-state index < -0.39 is 23.7 Å². The third kappa shape index (κ3) is 7.24. The first-order valence-corrected chi connectivity index (χ1v) is 11.9. The fraction of sp³-hybridized carbons (Fsp3) is 0.250. The van der Waals surface area contributed by atoms with Gasteiger partial charge in [0.2, 0.25) is 0 Å². The van der Waals surface area contributed by atoms with Crippen LogP contribution < -0.4 is 14.8 Å². The van der Waals surface area contributed by atoms with Crippen LogP contribution in [0.4, 0.5) is 10.5 Å². The van der Waals surface area contributed by atoms with Crippen LogP contribution in [-0.4, -0.2) is 54.3 Å². The third-order valence-electron chi connectivity index (χ3n) is 4.50. The van der Waals surface area contributed by atoms with Gasteiger partial charge in [0.15, 0.2) is 18.1 Å². The summed E-state index contributed by atoms with van der Waals surface area (Å²) in [7, 11) is 0. The van der Waals surface area contributed by atoms with Gasteiger partial charge in [-0.1, -0.05) is 23.7 Å². The lowest BCUT2D eigenvalue weighted by Gasteiger charge is -2.13. The Morgan fingerprint density at radius 2 is 1.86 bits per heavy atom. The zero-order valence-electron chi connectivity index (χ0n) is 19.0.